The number of carbonyl (C=O) groups excluding carboxylic acids is 1. The molecule has 142 valence electrons. The molecule has 1 atom stereocenters. The van der Waals surface area contributed by atoms with E-state index in [1.807, 2.05) is 0 Å². The summed E-state index contributed by atoms with van der Waals surface area (Å²) in [4.78, 5) is 25.7. The first-order valence-electron chi connectivity index (χ1n) is 8.10. The van der Waals surface area contributed by atoms with Gasteiger partial charge in [-0.05, 0) is 12.1 Å². The van der Waals surface area contributed by atoms with E-state index in [2.05, 4.69) is 15.0 Å². The Kier molecular flexibility index (Phi) is 6.15. The Bertz CT molecular complexity index is 851. The van der Waals surface area contributed by atoms with Gasteiger partial charge in [0.1, 0.15) is 30.5 Å². The molecule has 1 aliphatic rings. The van der Waals surface area contributed by atoms with Crippen LogP contribution in [0.4, 0.5) is 20.7 Å². The van der Waals surface area contributed by atoms with Gasteiger partial charge in [0.05, 0.1) is 24.4 Å². The zero-order valence-electron chi connectivity index (χ0n) is 14.2. The van der Waals surface area contributed by atoms with Gasteiger partial charge in [0.15, 0.2) is 5.82 Å². The Balaban J connectivity index is 1.55. The third-order valence-corrected chi connectivity index (χ3v) is 4.17. The van der Waals surface area contributed by atoms with Crippen LogP contribution in [-0.4, -0.2) is 53.0 Å². The second-order valence-corrected chi connectivity index (χ2v) is 6.12. The van der Waals surface area contributed by atoms with Crippen molar-refractivity contribution in [3.63, 3.8) is 0 Å². The van der Waals surface area contributed by atoms with Gasteiger partial charge in [-0.15, -0.1) is 0 Å². The van der Waals surface area contributed by atoms with Crippen molar-refractivity contribution in [2.75, 3.05) is 25.4 Å². The molecule has 2 heterocycles. The van der Waals surface area contributed by atoms with Gasteiger partial charge in [0.25, 0.3) is 0 Å². The highest BCUT2D eigenvalue weighted by Crippen LogP contribution is 2.19. The average molecular weight is 394 g/mol. The van der Waals surface area contributed by atoms with Gasteiger partial charge in [-0.1, -0.05) is 17.7 Å². The van der Waals surface area contributed by atoms with E-state index in [0.29, 0.717) is 24.4 Å². The van der Waals surface area contributed by atoms with Crippen LogP contribution < -0.4 is 5.73 Å². The first kappa shape index (κ1) is 19.0. The Labute approximate surface area is 159 Å². The Morgan fingerprint density at radius 1 is 1.56 bits per heavy atom. The standard InChI is InChI=1S/C17H17ClFN5O3/c18-14-5-12(19)2-1-11(14)9-27-17(25)24-3-4-26-13(8-24)6-22-15-7-21-10-23-16(15)20/h1-2,5-7,10,13H,3-4,8-9H2,(H2,20,21,23)/b22-6+/t13-/m1/s1. The van der Waals surface area contributed by atoms with Crippen molar-refractivity contribution in [3.05, 3.63) is 47.1 Å². The van der Waals surface area contributed by atoms with Crippen molar-refractivity contribution in [2.45, 2.75) is 12.7 Å². The van der Waals surface area contributed by atoms with Crippen LogP contribution in [0.5, 0.6) is 0 Å². The predicted octanol–water partition coefficient (Wildman–Crippen LogP) is 2.59. The summed E-state index contributed by atoms with van der Waals surface area (Å²) in [5.74, 6) is -0.195. The first-order chi connectivity index (χ1) is 13.0. The molecule has 0 spiro atoms. The van der Waals surface area contributed by atoms with E-state index in [1.165, 1.54) is 35.6 Å². The zero-order chi connectivity index (χ0) is 19.2. The smallest absolute Gasteiger partial charge is 0.410 e. The number of morpholine rings is 1. The maximum atomic E-state index is 13.1. The molecule has 1 aromatic carbocycles. The molecule has 1 saturated heterocycles. The Hall–Kier alpha value is -2.78. The van der Waals surface area contributed by atoms with Crippen LogP contribution in [0.3, 0.4) is 0 Å². The Morgan fingerprint density at radius 3 is 3.19 bits per heavy atom. The van der Waals surface area contributed by atoms with E-state index in [0.717, 1.165) is 0 Å². The SMILES string of the molecule is Nc1ncncc1/N=C/[C@@H]1CN(C(=O)OCc2ccc(F)cc2Cl)CCO1. The van der Waals surface area contributed by atoms with Crippen molar-refractivity contribution in [3.8, 4) is 0 Å². The number of hydrogen-bond acceptors (Lipinski definition) is 7. The topological polar surface area (TPSA) is 103 Å². The van der Waals surface area contributed by atoms with Gasteiger partial charge < -0.3 is 20.1 Å². The lowest BCUT2D eigenvalue weighted by Crippen LogP contribution is -2.46. The van der Waals surface area contributed by atoms with Crippen LogP contribution in [0.2, 0.25) is 5.02 Å². The molecule has 0 radical (unpaired) electrons. The minimum absolute atomic E-state index is 0.0497. The maximum absolute atomic E-state index is 13.1. The third kappa shape index (κ3) is 5.11. The fourth-order valence-corrected chi connectivity index (χ4v) is 2.62. The van der Waals surface area contributed by atoms with Crippen molar-refractivity contribution < 1.29 is 18.7 Å². The van der Waals surface area contributed by atoms with E-state index in [1.54, 1.807) is 6.21 Å². The molecule has 1 fully saturated rings. The van der Waals surface area contributed by atoms with E-state index in [4.69, 9.17) is 26.8 Å². The van der Waals surface area contributed by atoms with E-state index in [9.17, 15) is 9.18 Å². The molecule has 0 unspecified atom stereocenters. The number of halogens is 2. The summed E-state index contributed by atoms with van der Waals surface area (Å²) in [6, 6.07) is 3.91. The van der Waals surface area contributed by atoms with Crippen molar-refractivity contribution in [2.24, 2.45) is 4.99 Å². The molecular formula is C17H17ClFN5O3. The molecule has 1 aliphatic heterocycles. The van der Waals surface area contributed by atoms with Gasteiger partial charge in [-0.25, -0.2) is 19.2 Å². The monoisotopic (exact) mass is 393 g/mol. The van der Waals surface area contributed by atoms with E-state index in [-0.39, 0.29) is 24.0 Å². The molecule has 0 aliphatic carbocycles. The van der Waals surface area contributed by atoms with Crippen LogP contribution in [0.25, 0.3) is 0 Å². The van der Waals surface area contributed by atoms with Crippen LogP contribution in [0, 0.1) is 5.82 Å². The quantitative estimate of drug-likeness (QED) is 0.801. The summed E-state index contributed by atoms with van der Waals surface area (Å²) in [6.45, 7) is 0.944. The number of nitrogen functional groups attached to an aromatic ring is 1. The normalized spacial score (nSPS) is 17.3. The number of aromatic nitrogens is 2. The Morgan fingerprint density at radius 2 is 2.41 bits per heavy atom. The van der Waals surface area contributed by atoms with Gasteiger partial charge in [-0.2, -0.15) is 0 Å². The number of nitrogens with two attached hydrogens (primary N) is 1. The minimum Gasteiger partial charge on any atom is -0.444 e. The summed E-state index contributed by atoms with van der Waals surface area (Å²) in [6.07, 6.45) is 3.43. The second-order valence-electron chi connectivity index (χ2n) is 5.72. The maximum Gasteiger partial charge on any atom is 0.410 e. The molecule has 2 N–H and O–H groups in total. The number of carbonyl (C=O) groups is 1. The average Bonchev–Trinajstić information content (AvgIpc) is 2.67. The number of nitrogens with zero attached hydrogens (tertiary/aromatic N) is 4. The molecule has 27 heavy (non-hydrogen) atoms. The van der Waals surface area contributed by atoms with Crippen LogP contribution in [0.1, 0.15) is 5.56 Å². The fourth-order valence-electron chi connectivity index (χ4n) is 2.40. The number of amides is 1. The van der Waals surface area contributed by atoms with E-state index < -0.39 is 18.0 Å². The number of ether oxygens (including phenoxy) is 2. The number of benzene rings is 1. The van der Waals surface area contributed by atoms with Crippen LogP contribution in [0.15, 0.2) is 35.7 Å². The van der Waals surface area contributed by atoms with Crippen molar-refractivity contribution in [1.29, 1.82) is 0 Å². The van der Waals surface area contributed by atoms with E-state index >= 15 is 0 Å². The summed E-state index contributed by atoms with van der Waals surface area (Å²) in [5.41, 5.74) is 6.65. The van der Waals surface area contributed by atoms with Crippen LogP contribution >= 0.6 is 11.6 Å². The lowest BCUT2D eigenvalue weighted by atomic mass is 10.2. The zero-order valence-corrected chi connectivity index (χ0v) is 15.0. The molecule has 3 rings (SSSR count). The summed E-state index contributed by atoms with van der Waals surface area (Å²) in [7, 11) is 0. The highest BCUT2D eigenvalue weighted by molar-refractivity contribution is 6.31. The molecule has 0 bridgehead atoms. The molecule has 1 aromatic heterocycles. The predicted molar refractivity (Wildman–Crippen MR) is 97.5 cm³/mol. The second kappa shape index (κ2) is 8.74. The lowest BCUT2D eigenvalue weighted by Gasteiger charge is -2.30. The first-order valence-corrected chi connectivity index (χ1v) is 8.47. The van der Waals surface area contributed by atoms with Crippen molar-refractivity contribution in [1.82, 2.24) is 14.9 Å². The van der Waals surface area contributed by atoms with Crippen LogP contribution in [-0.2, 0) is 16.1 Å². The summed E-state index contributed by atoms with van der Waals surface area (Å²) >= 11 is 5.93. The van der Waals surface area contributed by atoms with Gasteiger partial charge in [0, 0.05) is 18.3 Å². The molecule has 1 amide bonds. The third-order valence-electron chi connectivity index (χ3n) is 3.82. The summed E-state index contributed by atoms with van der Waals surface area (Å²) < 4.78 is 23.9. The number of aliphatic imine (C=N–C) groups is 1. The summed E-state index contributed by atoms with van der Waals surface area (Å²) in [5, 5.41) is 0.206. The highest BCUT2D eigenvalue weighted by Gasteiger charge is 2.24. The lowest BCUT2D eigenvalue weighted by molar-refractivity contribution is 0.00331. The molecule has 8 nitrogen and oxygen atoms in total. The molecule has 10 heteroatoms. The largest absolute Gasteiger partial charge is 0.444 e. The molecular weight excluding hydrogens is 377 g/mol. The number of hydrogen-bond donors (Lipinski definition) is 1. The number of anilines is 1. The van der Waals surface area contributed by atoms with Gasteiger partial charge in [-0.3, -0.25) is 4.99 Å². The minimum atomic E-state index is -0.514. The van der Waals surface area contributed by atoms with Gasteiger partial charge in [0.2, 0.25) is 0 Å². The fraction of sp³-hybridized carbons (Fsp3) is 0.294. The van der Waals surface area contributed by atoms with Crippen molar-refractivity contribution >= 4 is 35.4 Å². The van der Waals surface area contributed by atoms with Gasteiger partial charge >= 0.3 is 6.09 Å². The molecule has 0 saturated carbocycles. The highest BCUT2D eigenvalue weighted by atomic mass is 35.5. The number of rotatable bonds is 4. The molecule has 2 aromatic rings.